The van der Waals surface area contributed by atoms with Crippen LogP contribution in [-0.2, 0) is 10.4 Å². The maximum absolute atomic E-state index is 8.74. The molecule has 0 aromatic rings. The van der Waals surface area contributed by atoms with Crippen molar-refractivity contribution in [1.29, 1.82) is 0 Å². The Bertz CT molecular complexity index is 209. The maximum Gasteiger partial charge on any atom is 0.394 e. The lowest BCUT2D eigenvalue weighted by Crippen LogP contribution is -2.51. The van der Waals surface area contributed by atoms with Crippen molar-refractivity contribution in [2.75, 3.05) is 13.1 Å². The third kappa shape index (κ3) is 21.5. The molecular weight excluding hydrogens is 248 g/mol. The van der Waals surface area contributed by atoms with Crippen LogP contribution >= 0.6 is 0 Å². The first-order valence-electron chi connectivity index (χ1n) is 5.66. The van der Waals surface area contributed by atoms with Crippen molar-refractivity contribution < 1.29 is 17.5 Å². The van der Waals surface area contributed by atoms with Gasteiger partial charge in [0.25, 0.3) is 0 Å². The van der Waals surface area contributed by atoms with Gasteiger partial charge in [-0.3, -0.25) is 9.11 Å². The number of hydrogen-bond acceptors (Lipinski definition) is 6. The summed E-state index contributed by atoms with van der Waals surface area (Å²) in [5.74, 6) is 0. The topological polar surface area (TPSA) is 123 Å². The molecule has 104 valence electrons. The van der Waals surface area contributed by atoms with Crippen molar-refractivity contribution in [3.8, 4) is 0 Å². The summed E-state index contributed by atoms with van der Waals surface area (Å²) < 4.78 is 31.6. The van der Waals surface area contributed by atoms with Crippen molar-refractivity contribution in [1.82, 2.24) is 21.9 Å². The minimum absolute atomic E-state index is 1.04. The SMILES string of the molecule is C1CCCCNNNNCCC1.O=S(=O)(O)O. The van der Waals surface area contributed by atoms with Crippen LogP contribution in [0.25, 0.3) is 0 Å². The molecule has 1 rings (SSSR count). The smallest absolute Gasteiger partial charge is 0.264 e. The molecule has 0 aromatic heterocycles. The molecule has 17 heavy (non-hydrogen) atoms. The summed E-state index contributed by atoms with van der Waals surface area (Å²) in [7, 11) is -4.67. The summed E-state index contributed by atoms with van der Waals surface area (Å²) in [6, 6.07) is 0. The fourth-order valence-corrected chi connectivity index (χ4v) is 1.35. The van der Waals surface area contributed by atoms with Gasteiger partial charge in [0.1, 0.15) is 0 Å². The molecule has 0 atom stereocenters. The first kappa shape index (κ1) is 16.7. The third-order valence-electron chi connectivity index (χ3n) is 2.09. The standard InChI is InChI=1S/C8H20N4.H2O4S/c1-2-4-6-8-10-12-11-9-7-5-3-1;1-5(2,3)4/h9-12H,1-8H2;(H2,1,2,3,4). The van der Waals surface area contributed by atoms with Crippen LogP contribution in [0.2, 0.25) is 0 Å². The van der Waals surface area contributed by atoms with E-state index in [1.807, 2.05) is 0 Å². The molecule has 0 saturated carbocycles. The zero-order chi connectivity index (χ0) is 13.0. The van der Waals surface area contributed by atoms with E-state index in [4.69, 9.17) is 17.5 Å². The lowest BCUT2D eigenvalue weighted by atomic mass is 10.1. The van der Waals surface area contributed by atoms with E-state index in [9.17, 15) is 0 Å². The Morgan fingerprint density at radius 3 is 1.35 bits per heavy atom. The summed E-state index contributed by atoms with van der Waals surface area (Å²) in [6.07, 6.45) is 7.98. The van der Waals surface area contributed by atoms with Crippen LogP contribution in [0.4, 0.5) is 0 Å². The molecule has 1 heterocycles. The van der Waals surface area contributed by atoms with E-state index in [1.165, 1.54) is 38.5 Å². The highest BCUT2D eigenvalue weighted by atomic mass is 32.3. The Morgan fingerprint density at radius 1 is 0.706 bits per heavy atom. The Kier molecular flexibility index (Phi) is 10.7. The fraction of sp³-hybridized carbons (Fsp3) is 1.00. The van der Waals surface area contributed by atoms with E-state index in [2.05, 4.69) is 21.9 Å². The predicted molar refractivity (Wildman–Crippen MR) is 64.2 cm³/mol. The third-order valence-corrected chi connectivity index (χ3v) is 2.09. The molecule has 0 unspecified atom stereocenters. The highest BCUT2D eigenvalue weighted by Crippen LogP contribution is 2.04. The second-order valence-corrected chi connectivity index (χ2v) is 4.57. The molecular formula is C8H22N4O4S. The van der Waals surface area contributed by atoms with E-state index in [-0.39, 0.29) is 0 Å². The minimum atomic E-state index is -4.67. The van der Waals surface area contributed by atoms with Gasteiger partial charge >= 0.3 is 10.4 Å². The fourth-order valence-electron chi connectivity index (χ4n) is 1.35. The van der Waals surface area contributed by atoms with Gasteiger partial charge in [-0.05, 0) is 12.8 Å². The predicted octanol–water partition coefficient (Wildman–Crippen LogP) is -0.209. The summed E-state index contributed by atoms with van der Waals surface area (Å²) in [5.41, 5.74) is 11.9. The molecule has 1 aliphatic rings. The quantitative estimate of drug-likeness (QED) is 0.334. The molecule has 0 spiro atoms. The van der Waals surface area contributed by atoms with Crippen molar-refractivity contribution >= 4 is 10.4 Å². The summed E-state index contributed by atoms with van der Waals surface area (Å²) in [4.78, 5) is 0. The van der Waals surface area contributed by atoms with Crippen molar-refractivity contribution in [2.24, 2.45) is 0 Å². The Hall–Kier alpha value is -0.290. The van der Waals surface area contributed by atoms with E-state index < -0.39 is 10.4 Å². The molecule has 0 radical (unpaired) electrons. The van der Waals surface area contributed by atoms with Gasteiger partial charge in [-0.1, -0.05) is 25.7 Å². The zero-order valence-corrected chi connectivity index (χ0v) is 10.6. The van der Waals surface area contributed by atoms with Gasteiger partial charge in [-0.25, -0.2) is 10.9 Å². The van der Waals surface area contributed by atoms with Crippen molar-refractivity contribution in [3.63, 3.8) is 0 Å². The van der Waals surface area contributed by atoms with Crippen LogP contribution in [0.1, 0.15) is 38.5 Å². The number of rotatable bonds is 0. The Labute approximate surface area is 102 Å². The zero-order valence-electron chi connectivity index (χ0n) is 9.78. The Morgan fingerprint density at radius 2 is 1.00 bits per heavy atom. The van der Waals surface area contributed by atoms with Gasteiger partial charge in [0.2, 0.25) is 0 Å². The van der Waals surface area contributed by atoms with Crippen LogP contribution in [0, 0.1) is 0 Å². The second-order valence-electron chi connectivity index (χ2n) is 3.67. The normalized spacial score (nSPS) is 20.4. The van der Waals surface area contributed by atoms with Crippen LogP contribution in [-0.4, -0.2) is 30.6 Å². The van der Waals surface area contributed by atoms with Gasteiger partial charge in [0.05, 0.1) is 0 Å². The monoisotopic (exact) mass is 270 g/mol. The largest absolute Gasteiger partial charge is 0.394 e. The molecule has 9 heteroatoms. The molecule has 0 aromatic carbocycles. The summed E-state index contributed by atoms with van der Waals surface area (Å²) in [6.45, 7) is 2.07. The molecule has 1 saturated heterocycles. The van der Waals surface area contributed by atoms with E-state index in [1.54, 1.807) is 0 Å². The molecule has 8 nitrogen and oxygen atoms in total. The van der Waals surface area contributed by atoms with Gasteiger partial charge in [0, 0.05) is 13.1 Å². The summed E-state index contributed by atoms with van der Waals surface area (Å²) >= 11 is 0. The first-order valence-corrected chi connectivity index (χ1v) is 7.05. The van der Waals surface area contributed by atoms with E-state index in [0.717, 1.165) is 13.1 Å². The van der Waals surface area contributed by atoms with E-state index >= 15 is 0 Å². The highest BCUT2D eigenvalue weighted by molar-refractivity contribution is 7.79. The molecule has 6 N–H and O–H groups in total. The number of hydrazine groups is 3. The van der Waals surface area contributed by atoms with Crippen molar-refractivity contribution in [3.05, 3.63) is 0 Å². The van der Waals surface area contributed by atoms with Gasteiger partial charge in [-0.15, -0.1) is 0 Å². The maximum atomic E-state index is 8.74. The van der Waals surface area contributed by atoms with Crippen LogP contribution in [0.3, 0.4) is 0 Å². The van der Waals surface area contributed by atoms with Gasteiger partial charge in [-0.2, -0.15) is 19.5 Å². The highest BCUT2D eigenvalue weighted by Gasteiger charge is 1.93. The van der Waals surface area contributed by atoms with Crippen LogP contribution in [0.15, 0.2) is 0 Å². The molecule has 0 amide bonds. The first-order chi connectivity index (χ1) is 8.00. The van der Waals surface area contributed by atoms with Crippen molar-refractivity contribution in [2.45, 2.75) is 38.5 Å². The minimum Gasteiger partial charge on any atom is -0.264 e. The summed E-state index contributed by atoms with van der Waals surface area (Å²) in [5, 5.41) is 0. The molecule has 0 aliphatic carbocycles. The molecule has 1 aliphatic heterocycles. The lowest BCUT2D eigenvalue weighted by Gasteiger charge is -2.11. The second kappa shape index (κ2) is 10.8. The number of hydrogen-bond donors (Lipinski definition) is 6. The van der Waals surface area contributed by atoms with Crippen LogP contribution in [0.5, 0.6) is 0 Å². The lowest BCUT2D eigenvalue weighted by molar-refractivity contribution is 0.354. The molecule has 0 bridgehead atoms. The van der Waals surface area contributed by atoms with Crippen LogP contribution < -0.4 is 21.9 Å². The van der Waals surface area contributed by atoms with E-state index in [0.29, 0.717) is 0 Å². The number of nitrogens with one attached hydrogen (secondary N) is 4. The average Bonchev–Trinajstić information content (AvgIpc) is 2.15. The van der Waals surface area contributed by atoms with Gasteiger partial charge in [0.15, 0.2) is 0 Å². The Balaban J connectivity index is 0.000000437. The van der Waals surface area contributed by atoms with Gasteiger partial charge < -0.3 is 0 Å². The molecule has 1 fully saturated rings. The average molecular weight is 270 g/mol.